The molecule has 1 unspecified atom stereocenters. The first-order chi connectivity index (χ1) is 16.0. The molecule has 0 aliphatic carbocycles. The number of carbonyl (C=O) groups is 2. The largest absolute Gasteiger partial charge is 0.508 e. The number of aromatic hydroxyl groups is 1. The first kappa shape index (κ1) is 23.1. The summed E-state index contributed by atoms with van der Waals surface area (Å²) in [6, 6.07) is 13.7. The molecule has 3 aromatic rings. The van der Waals surface area contributed by atoms with Crippen molar-refractivity contribution in [3.8, 4) is 5.75 Å². The van der Waals surface area contributed by atoms with Crippen molar-refractivity contribution in [3.05, 3.63) is 100 Å². The number of aliphatic hydroxyl groups is 1. The Labute approximate surface area is 193 Å². The number of phenols is 1. The maximum absolute atomic E-state index is 13.4. The summed E-state index contributed by atoms with van der Waals surface area (Å²) in [6.07, 6.45) is -4.66. The highest BCUT2D eigenvalue weighted by Crippen LogP contribution is 2.44. The Morgan fingerprint density at radius 3 is 2.32 bits per heavy atom. The van der Waals surface area contributed by atoms with Crippen LogP contribution >= 0.6 is 0 Å². The summed E-state index contributed by atoms with van der Waals surface area (Å²) in [5.74, 6) is -2.73. The van der Waals surface area contributed by atoms with E-state index in [2.05, 4.69) is 0 Å². The van der Waals surface area contributed by atoms with Crippen molar-refractivity contribution in [3.63, 3.8) is 0 Å². The summed E-state index contributed by atoms with van der Waals surface area (Å²) >= 11 is 0. The highest BCUT2D eigenvalue weighted by Gasteiger charge is 2.47. The third-order valence-corrected chi connectivity index (χ3v) is 5.73. The molecule has 3 aromatic carbocycles. The van der Waals surface area contributed by atoms with Crippen LogP contribution in [-0.2, 0) is 15.8 Å². The summed E-state index contributed by atoms with van der Waals surface area (Å²) in [4.78, 5) is 27.2. The molecule has 0 radical (unpaired) electrons. The third kappa shape index (κ3) is 4.03. The van der Waals surface area contributed by atoms with Crippen molar-refractivity contribution >= 4 is 23.1 Å². The summed E-state index contributed by atoms with van der Waals surface area (Å²) in [7, 11) is 0. The van der Waals surface area contributed by atoms with Crippen LogP contribution < -0.4 is 4.90 Å². The van der Waals surface area contributed by atoms with Crippen LogP contribution in [0.4, 0.5) is 18.9 Å². The Kier molecular flexibility index (Phi) is 5.69. The summed E-state index contributed by atoms with van der Waals surface area (Å²) in [6.45, 7) is 3.52. The fraction of sp³-hybridized carbons (Fsp3) is 0.154. The molecule has 1 fully saturated rings. The molecule has 2 N–H and O–H groups in total. The Hall–Kier alpha value is -4.07. The number of anilines is 1. The topological polar surface area (TPSA) is 77.8 Å². The van der Waals surface area contributed by atoms with Gasteiger partial charge in [-0.1, -0.05) is 35.9 Å². The van der Waals surface area contributed by atoms with Crippen LogP contribution in [0.2, 0.25) is 0 Å². The van der Waals surface area contributed by atoms with Gasteiger partial charge in [-0.3, -0.25) is 14.5 Å². The van der Waals surface area contributed by atoms with E-state index >= 15 is 0 Å². The Morgan fingerprint density at radius 2 is 1.65 bits per heavy atom. The number of aliphatic hydroxyl groups excluding tert-OH is 1. The molecular weight excluding hydrogens is 447 g/mol. The number of nitrogens with zero attached hydrogens (tertiary/aromatic N) is 1. The molecule has 8 heteroatoms. The van der Waals surface area contributed by atoms with Crippen LogP contribution in [0, 0.1) is 13.8 Å². The van der Waals surface area contributed by atoms with Crippen LogP contribution in [0.25, 0.3) is 5.76 Å². The molecule has 0 spiro atoms. The maximum atomic E-state index is 13.4. The van der Waals surface area contributed by atoms with E-state index in [1.807, 2.05) is 6.07 Å². The fourth-order valence-corrected chi connectivity index (χ4v) is 4.08. The zero-order valence-electron chi connectivity index (χ0n) is 18.2. The molecule has 1 atom stereocenters. The van der Waals surface area contributed by atoms with Gasteiger partial charge in [0.25, 0.3) is 11.7 Å². The zero-order chi connectivity index (χ0) is 24.8. The number of hydrogen-bond donors (Lipinski definition) is 2. The van der Waals surface area contributed by atoms with Crippen molar-refractivity contribution in [2.45, 2.75) is 26.1 Å². The lowest BCUT2D eigenvalue weighted by atomic mass is 9.93. The Balaban J connectivity index is 1.99. The van der Waals surface area contributed by atoms with Gasteiger partial charge in [-0.05, 0) is 61.4 Å². The fourth-order valence-electron chi connectivity index (χ4n) is 4.08. The Bertz CT molecular complexity index is 1340. The molecule has 5 nitrogen and oxygen atoms in total. The third-order valence-electron chi connectivity index (χ3n) is 5.73. The van der Waals surface area contributed by atoms with Gasteiger partial charge in [-0.2, -0.15) is 13.2 Å². The standard InChI is InChI=1S/C26H20F3NO4/c1-14-9-10-15(2)20(11-14)23(32)21-22(16-5-3-8-19(31)12-16)30(25(34)24(21)33)18-7-4-6-17(13-18)26(27,28)29/h3-13,22,31-32H,1-2H3/b23-21+. The molecule has 0 bridgehead atoms. The summed E-state index contributed by atoms with van der Waals surface area (Å²) in [5, 5.41) is 21.2. The molecule has 1 aliphatic rings. The summed E-state index contributed by atoms with van der Waals surface area (Å²) in [5.41, 5.74) is 0.593. The normalized spacial score (nSPS) is 17.9. The Morgan fingerprint density at radius 1 is 0.941 bits per heavy atom. The molecule has 174 valence electrons. The SMILES string of the molecule is Cc1ccc(C)c(/C(O)=C2\C(=O)C(=O)N(c3cccc(C(F)(F)F)c3)C2c2cccc(O)c2)c1. The van der Waals surface area contributed by atoms with E-state index in [1.165, 1.54) is 30.3 Å². The molecule has 1 saturated heterocycles. The lowest BCUT2D eigenvalue weighted by Crippen LogP contribution is -2.29. The van der Waals surface area contributed by atoms with E-state index in [4.69, 9.17) is 0 Å². The van der Waals surface area contributed by atoms with E-state index in [-0.39, 0.29) is 22.6 Å². The van der Waals surface area contributed by atoms with Gasteiger partial charge < -0.3 is 10.2 Å². The van der Waals surface area contributed by atoms with Crippen molar-refractivity contribution in [1.29, 1.82) is 0 Å². The van der Waals surface area contributed by atoms with E-state index in [0.29, 0.717) is 11.1 Å². The van der Waals surface area contributed by atoms with E-state index in [1.54, 1.807) is 26.0 Å². The first-order valence-corrected chi connectivity index (χ1v) is 10.3. The first-order valence-electron chi connectivity index (χ1n) is 10.3. The van der Waals surface area contributed by atoms with Gasteiger partial charge in [0.15, 0.2) is 0 Å². The van der Waals surface area contributed by atoms with Crippen LogP contribution in [0.15, 0.2) is 72.3 Å². The van der Waals surface area contributed by atoms with Crippen molar-refractivity contribution < 1.29 is 33.0 Å². The maximum Gasteiger partial charge on any atom is 0.416 e. The molecule has 4 rings (SSSR count). The summed E-state index contributed by atoms with van der Waals surface area (Å²) < 4.78 is 40.1. The second kappa shape index (κ2) is 8.37. The lowest BCUT2D eigenvalue weighted by molar-refractivity contribution is -0.137. The van der Waals surface area contributed by atoms with Crippen LogP contribution in [0.1, 0.15) is 33.9 Å². The van der Waals surface area contributed by atoms with E-state index in [9.17, 15) is 33.0 Å². The average molecular weight is 467 g/mol. The number of amides is 1. The van der Waals surface area contributed by atoms with Gasteiger partial charge in [0, 0.05) is 11.3 Å². The van der Waals surface area contributed by atoms with Gasteiger partial charge in [-0.15, -0.1) is 0 Å². The van der Waals surface area contributed by atoms with Crippen molar-refractivity contribution in [2.75, 3.05) is 4.90 Å². The van der Waals surface area contributed by atoms with Gasteiger partial charge in [0.2, 0.25) is 0 Å². The van der Waals surface area contributed by atoms with Crippen molar-refractivity contribution in [2.24, 2.45) is 0 Å². The number of Topliss-reactive ketones (excluding diaryl/α,β-unsaturated/α-hetero) is 1. The molecule has 1 heterocycles. The van der Waals surface area contributed by atoms with Gasteiger partial charge in [0.1, 0.15) is 11.5 Å². The number of hydrogen-bond acceptors (Lipinski definition) is 4. The monoisotopic (exact) mass is 467 g/mol. The smallest absolute Gasteiger partial charge is 0.416 e. The van der Waals surface area contributed by atoms with E-state index in [0.717, 1.165) is 28.7 Å². The number of benzene rings is 3. The molecule has 1 amide bonds. The van der Waals surface area contributed by atoms with Crippen LogP contribution in [0.5, 0.6) is 5.75 Å². The van der Waals surface area contributed by atoms with Crippen LogP contribution in [0.3, 0.4) is 0 Å². The average Bonchev–Trinajstić information content (AvgIpc) is 3.05. The van der Waals surface area contributed by atoms with Gasteiger partial charge >= 0.3 is 6.18 Å². The minimum absolute atomic E-state index is 0.162. The molecule has 1 aliphatic heterocycles. The van der Waals surface area contributed by atoms with E-state index < -0.39 is 35.2 Å². The number of ketones is 1. The molecule has 0 saturated carbocycles. The highest BCUT2D eigenvalue weighted by atomic mass is 19.4. The molecular formula is C26H20F3NO4. The highest BCUT2D eigenvalue weighted by molar-refractivity contribution is 6.51. The predicted octanol–water partition coefficient (Wildman–Crippen LogP) is 5.65. The van der Waals surface area contributed by atoms with Crippen LogP contribution in [-0.4, -0.2) is 21.9 Å². The van der Waals surface area contributed by atoms with Gasteiger partial charge in [-0.25, -0.2) is 0 Å². The minimum atomic E-state index is -4.66. The molecule has 34 heavy (non-hydrogen) atoms. The number of alkyl halides is 3. The number of halogens is 3. The quantitative estimate of drug-likeness (QED) is 0.296. The second-order valence-electron chi connectivity index (χ2n) is 8.13. The minimum Gasteiger partial charge on any atom is -0.508 e. The number of carbonyl (C=O) groups excluding carboxylic acids is 2. The lowest BCUT2D eigenvalue weighted by Gasteiger charge is -2.26. The number of phenolic OH excluding ortho intramolecular Hbond substituents is 1. The number of rotatable bonds is 3. The zero-order valence-corrected chi connectivity index (χ0v) is 18.2. The molecule has 0 aromatic heterocycles. The predicted molar refractivity (Wildman–Crippen MR) is 120 cm³/mol. The van der Waals surface area contributed by atoms with Crippen molar-refractivity contribution in [1.82, 2.24) is 0 Å². The number of aryl methyl sites for hydroxylation is 2. The second-order valence-corrected chi connectivity index (χ2v) is 8.13. The van der Waals surface area contributed by atoms with Gasteiger partial charge in [0.05, 0.1) is 17.2 Å².